The number of aromatic nitrogens is 4. The van der Waals surface area contributed by atoms with Crippen LogP contribution in [0.3, 0.4) is 0 Å². The summed E-state index contributed by atoms with van der Waals surface area (Å²) in [6.45, 7) is 4.36. The zero-order valence-electron chi connectivity index (χ0n) is 30.6. The SMILES string of the molecule is CCC[C@H]1CCC(c2ncc(-c3ccc4c(c3)COc3cc5c(ccc6nc(C7CC[C@H](C)N7C(=O)CNC(=O)OC)[nH]c65)cc3-4)[nH]2)N1C(=O)CNC=O. The average molecular weight is 733 g/mol. The average Bonchev–Trinajstić information content (AvgIpc) is 4.00. The Hall–Kier alpha value is -5.92. The highest BCUT2D eigenvalue weighted by molar-refractivity contribution is 6.07. The minimum atomic E-state index is -0.642. The zero-order valence-corrected chi connectivity index (χ0v) is 30.6. The molecule has 0 bridgehead atoms. The van der Waals surface area contributed by atoms with E-state index in [9.17, 15) is 19.2 Å². The van der Waals surface area contributed by atoms with Crippen LogP contribution in [0.25, 0.3) is 44.2 Å². The van der Waals surface area contributed by atoms with Crippen molar-refractivity contribution in [1.82, 2.24) is 40.4 Å². The molecule has 3 aliphatic heterocycles. The van der Waals surface area contributed by atoms with Gasteiger partial charge in [-0.2, -0.15) is 0 Å². The number of nitrogens with one attached hydrogen (secondary N) is 4. The molecular formula is C40H44N8O6. The maximum Gasteiger partial charge on any atom is 0.407 e. The third-order valence-corrected chi connectivity index (χ3v) is 11.2. The monoisotopic (exact) mass is 732 g/mol. The van der Waals surface area contributed by atoms with Crippen LogP contribution >= 0.6 is 0 Å². The van der Waals surface area contributed by atoms with E-state index < -0.39 is 6.09 Å². The minimum absolute atomic E-state index is 0.00700. The second-order valence-electron chi connectivity index (χ2n) is 14.4. The first-order chi connectivity index (χ1) is 26.3. The van der Waals surface area contributed by atoms with Crippen molar-refractivity contribution >= 4 is 46.1 Å². The van der Waals surface area contributed by atoms with Crippen molar-refractivity contribution in [2.75, 3.05) is 20.2 Å². The fraction of sp³-hybridized carbons (Fsp3) is 0.400. The number of H-pyrrole nitrogens is 2. The van der Waals surface area contributed by atoms with Crippen molar-refractivity contribution in [3.8, 4) is 28.1 Å². The van der Waals surface area contributed by atoms with Crippen LogP contribution in [0.4, 0.5) is 4.79 Å². The van der Waals surface area contributed by atoms with E-state index in [1.807, 2.05) is 24.1 Å². The van der Waals surface area contributed by atoms with E-state index in [1.54, 1.807) is 4.90 Å². The topological polar surface area (TPSA) is 175 Å². The summed E-state index contributed by atoms with van der Waals surface area (Å²) < 4.78 is 11.0. The summed E-state index contributed by atoms with van der Waals surface area (Å²) in [5.74, 6) is 1.97. The molecule has 3 aliphatic rings. The Morgan fingerprint density at radius 1 is 0.963 bits per heavy atom. The standard InChI is InChI=1S/C40H44N8O6/c1-4-5-26-9-13-32(48(26)35(50)18-41-21-49)38-42-17-31(45-38)24-7-10-27-25(14-24)20-54-34-16-28-23(15-29(27)34)8-11-30-37(28)46-39(44-30)33-12-6-22(2)47(33)36(51)19-43-40(52)53-3/h7-8,10-11,14-17,21-22,26,32-33H,4-6,9,12-13,18-20H2,1-3H3,(H,41,49)(H,42,45)(H,43,52)(H,44,46)/t22-,26-,32?,33?/m0/s1. The second kappa shape index (κ2) is 14.5. The first kappa shape index (κ1) is 35.1. The Balaban J connectivity index is 1.05. The number of benzene rings is 3. The first-order valence-corrected chi connectivity index (χ1v) is 18.7. The van der Waals surface area contributed by atoms with Crippen molar-refractivity contribution in [3.05, 3.63) is 65.9 Å². The van der Waals surface area contributed by atoms with Gasteiger partial charge in [0.2, 0.25) is 18.2 Å². The molecule has 4 amide bonds. The Bertz CT molecular complexity index is 2260. The van der Waals surface area contributed by atoms with E-state index in [-0.39, 0.29) is 49.1 Å². The Kier molecular flexibility index (Phi) is 9.42. The molecule has 5 aromatic rings. The molecule has 4 N–H and O–H groups in total. The van der Waals surface area contributed by atoms with Crippen LogP contribution in [-0.2, 0) is 25.7 Å². The number of nitrogens with zero attached hydrogens (tertiary/aromatic N) is 4. The molecule has 8 rings (SSSR count). The Labute approximate surface area is 312 Å². The Morgan fingerprint density at radius 2 is 1.78 bits per heavy atom. The van der Waals surface area contributed by atoms with Gasteiger partial charge in [-0.25, -0.2) is 14.8 Å². The van der Waals surface area contributed by atoms with Gasteiger partial charge >= 0.3 is 6.09 Å². The predicted molar refractivity (Wildman–Crippen MR) is 201 cm³/mol. The molecule has 2 aromatic heterocycles. The lowest BCUT2D eigenvalue weighted by Crippen LogP contribution is -2.43. The number of likely N-dealkylation sites (tertiary alicyclic amines) is 2. The van der Waals surface area contributed by atoms with Gasteiger partial charge in [0.15, 0.2) is 0 Å². The van der Waals surface area contributed by atoms with Gasteiger partial charge in [-0.15, -0.1) is 0 Å². The summed E-state index contributed by atoms with van der Waals surface area (Å²) in [5, 5.41) is 7.04. The third-order valence-electron chi connectivity index (χ3n) is 11.2. The highest BCUT2D eigenvalue weighted by atomic mass is 16.5. The molecule has 14 nitrogen and oxygen atoms in total. The van der Waals surface area contributed by atoms with Crippen LogP contribution in [0.15, 0.2) is 48.7 Å². The highest BCUT2D eigenvalue weighted by Crippen LogP contribution is 2.44. The maximum absolute atomic E-state index is 13.2. The summed E-state index contributed by atoms with van der Waals surface area (Å²) in [6.07, 6.45) is 6.93. The molecule has 2 fully saturated rings. The molecule has 14 heteroatoms. The quantitative estimate of drug-likeness (QED) is 0.133. The van der Waals surface area contributed by atoms with Gasteiger partial charge in [-0.05, 0) is 85.4 Å². The number of amides is 4. The van der Waals surface area contributed by atoms with Crippen molar-refractivity contribution in [2.24, 2.45) is 0 Å². The van der Waals surface area contributed by atoms with E-state index in [4.69, 9.17) is 14.7 Å². The molecule has 280 valence electrons. The van der Waals surface area contributed by atoms with Crippen LogP contribution in [0, 0.1) is 0 Å². The lowest BCUT2D eigenvalue weighted by atomic mass is 9.92. The van der Waals surface area contributed by atoms with Crippen molar-refractivity contribution in [3.63, 3.8) is 0 Å². The summed E-state index contributed by atoms with van der Waals surface area (Å²) in [4.78, 5) is 69.2. The minimum Gasteiger partial charge on any atom is -0.488 e. The lowest BCUT2D eigenvalue weighted by molar-refractivity contribution is -0.134. The smallest absolute Gasteiger partial charge is 0.407 e. The van der Waals surface area contributed by atoms with Gasteiger partial charge in [0.1, 0.15) is 30.5 Å². The van der Waals surface area contributed by atoms with Crippen molar-refractivity contribution in [1.29, 1.82) is 0 Å². The number of ether oxygens (including phenoxy) is 2. The molecule has 3 aromatic carbocycles. The third kappa shape index (κ3) is 6.28. The number of alkyl carbamates (subject to hydrolysis) is 1. The first-order valence-electron chi connectivity index (χ1n) is 18.7. The second-order valence-corrected chi connectivity index (χ2v) is 14.4. The molecule has 0 aliphatic carbocycles. The number of carbonyl (C=O) groups is 4. The zero-order chi connectivity index (χ0) is 37.5. The number of aromatic amines is 2. The lowest BCUT2D eigenvalue weighted by Gasteiger charge is -2.29. The fourth-order valence-electron chi connectivity index (χ4n) is 8.64. The molecule has 2 unspecified atom stereocenters. The number of carbonyl (C=O) groups excluding carboxylic acids is 4. The van der Waals surface area contributed by atoms with E-state index in [0.717, 1.165) is 106 Å². The van der Waals surface area contributed by atoms with Crippen LogP contribution in [0.2, 0.25) is 0 Å². The molecule has 0 radical (unpaired) electrons. The molecule has 4 atom stereocenters. The number of methoxy groups -OCH3 is 1. The van der Waals surface area contributed by atoms with E-state index in [0.29, 0.717) is 13.0 Å². The molecular weight excluding hydrogens is 688 g/mol. The van der Waals surface area contributed by atoms with Crippen LogP contribution in [-0.4, -0.2) is 86.3 Å². The predicted octanol–water partition coefficient (Wildman–Crippen LogP) is 5.65. The van der Waals surface area contributed by atoms with Crippen LogP contribution in [0.1, 0.15) is 81.7 Å². The number of rotatable bonds is 10. The van der Waals surface area contributed by atoms with E-state index in [2.05, 4.69) is 68.7 Å². The van der Waals surface area contributed by atoms with Gasteiger partial charge in [-0.3, -0.25) is 14.4 Å². The molecule has 54 heavy (non-hydrogen) atoms. The van der Waals surface area contributed by atoms with Crippen LogP contribution < -0.4 is 15.4 Å². The number of imidazole rings is 2. The van der Waals surface area contributed by atoms with Gasteiger partial charge in [0, 0.05) is 23.0 Å². The molecule has 0 saturated carbocycles. The van der Waals surface area contributed by atoms with Gasteiger partial charge in [0.05, 0.1) is 48.7 Å². The highest BCUT2D eigenvalue weighted by Gasteiger charge is 2.39. The Morgan fingerprint density at radius 3 is 2.59 bits per heavy atom. The molecule has 2 saturated heterocycles. The summed E-state index contributed by atoms with van der Waals surface area (Å²) >= 11 is 0. The number of hydrogen-bond acceptors (Lipinski definition) is 8. The summed E-state index contributed by atoms with van der Waals surface area (Å²) in [5.41, 5.74) is 6.69. The largest absolute Gasteiger partial charge is 0.488 e. The van der Waals surface area contributed by atoms with E-state index >= 15 is 0 Å². The normalized spacial score (nSPS) is 20.4. The fourth-order valence-corrected chi connectivity index (χ4v) is 8.64. The molecule has 0 spiro atoms. The summed E-state index contributed by atoms with van der Waals surface area (Å²) in [7, 11) is 1.27. The van der Waals surface area contributed by atoms with Crippen molar-refractivity contribution in [2.45, 2.75) is 83.1 Å². The summed E-state index contributed by atoms with van der Waals surface area (Å²) in [6, 6.07) is 14.3. The van der Waals surface area contributed by atoms with Gasteiger partial charge in [0.25, 0.3) is 0 Å². The van der Waals surface area contributed by atoms with E-state index in [1.165, 1.54) is 7.11 Å². The molecule has 5 heterocycles. The van der Waals surface area contributed by atoms with Crippen LogP contribution in [0.5, 0.6) is 5.75 Å². The van der Waals surface area contributed by atoms with Gasteiger partial charge in [-0.1, -0.05) is 31.5 Å². The van der Waals surface area contributed by atoms with Gasteiger partial charge < -0.3 is 39.9 Å². The maximum atomic E-state index is 13.2. The van der Waals surface area contributed by atoms with Crippen molar-refractivity contribution < 1.29 is 28.7 Å². The number of hydrogen-bond donors (Lipinski definition) is 4. The number of fused-ring (bicyclic) bond motifs is 6.